The number of thiophene rings is 1. The Kier molecular flexibility index (Phi) is 4.13. The smallest absolute Gasteiger partial charge is 0.259 e. The van der Waals surface area contributed by atoms with Gasteiger partial charge in [-0.25, -0.2) is 4.98 Å². The third-order valence-corrected chi connectivity index (χ3v) is 6.90. The fraction of sp³-hybridized carbons (Fsp3) is 0.333. The molecule has 0 spiro atoms. The van der Waals surface area contributed by atoms with E-state index in [0.717, 1.165) is 41.2 Å². The van der Waals surface area contributed by atoms with E-state index in [1.807, 2.05) is 23.6 Å². The molecule has 4 aromatic rings. The lowest BCUT2D eigenvalue weighted by atomic mass is 10.2. The van der Waals surface area contributed by atoms with Gasteiger partial charge in [-0.15, -0.1) is 21.5 Å². The molecule has 0 unspecified atom stereocenters. The van der Waals surface area contributed by atoms with E-state index in [-0.39, 0.29) is 5.56 Å². The first-order valence-corrected chi connectivity index (χ1v) is 10.7. The number of H-pyrrole nitrogens is 1. The summed E-state index contributed by atoms with van der Waals surface area (Å²) in [4.78, 5) is 22.4. The second-order valence-electron chi connectivity index (χ2n) is 6.37. The van der Waals surface area contributed by atoms with Crippen molar-refractivity contribution >= 4 is 33.3 Å². The maximum Gasteiger partial charge on any atom is 0.259 e. The number of thioether (sulfide) groups is 1. The van der Waals surface area contributed by atoms with Crippen LogP contribution in [0.2, 0.25) is 0 Å². The summed E-state index contributed by atoms with van der Waals surface area (Å²) in [6, 6.07) is 3.70. The van der Waals surface area contributed by atoms with Crippen molar-refractivity contribution < 1.29 is 4.42 Å². The summed E-state index contributed by atoms with van der Waals surface area (Å²) in [5, 5.41) is 10.1. The van der Waals surface area contributed by atoms with Crippen LogP contribution in [0.5, 0.6) is 0 Å². The molecule has 4 aromatic heterocycles. The van der Waals surface area contributed by atoms with Crippen molar-refractivity contribution in [1.29, 1.82) is 0 Å². The van der Waals surface area contributed by atoms with Gasteiger partial charge in [0, 0.05) is 11.4 Å². The number of hydrogen-bond donors (Lipinski definition) is 1. The molecule has 0 radical (unpaired) electrons. The number of hydrogen-bond acceptors (Lipinski definition) is 7. The van der Waals surface area contributed by atoms with E-state index in [4.69, 9.17) is 9.40 Å². The summed E-state index contributed by atoms with van der Waals surface area (Å²) in [5.41, 5.74) is 1.18. The molecule has 0 atom stereocenters. The monoisotopic (exact) mass is 399 g/mol. The minimum atomic E-state index is -0.0248. The largest absolute Gasteiger partial charge is 0.461 e. The minimum Gasteiger partial charge on any atom is -0.461 e. The number of aryl methyl sites for hydroxylation is 2. The second kappa shape index (κ2) is 6.65. The van der Waals surface area contributed by atoms with Crippen LogP contribution in [0.4, 0.5) is 0 Å². The molecule has 0 aromatic carbocycles. The lowest BCUT2D eigenvalue weighted by Gasteiger charge is -2.05. The molecule has 138 valence electrons. The van der Waals surface area contributed by atoms with E-state index in [2.05, 4.69) is 15.2 Å². The summed E-state index contributed by atoms with van der Waals surface area (Å²) in [7, 11) is 0. The number of nitrogens with one attached hydrogen (secondary N) is 1. The van der Waals surface area contributed by atoms with Crippen LogP contribution in [0.25, 0.3) is 21.8 Å². The molecule has 9 heteroatoms. The third kappa shape index (κ3) is 2.81. The van der Waals surface area contributed by atoms with Crippen LogP contribution in [0.1, 0.15) is 29.6 Å². The van der Waals surface area contributed by atoms with E-state index in [9.17, 15) is 4.79 Å². The van der Waals surface area contributed by atoms with Gasteiger partial charge in [0.25, 0.3) is 5.56 Å². The first-order valence-electron chi connectivity index (χ1n) is 8.88. The maximum absolute atomic E-state index is 12.6. The number of aromatic nitrogens is 5. The van der Waals surface area contributed by atoms with E-state index < -0.39 is 0 Å². The first-order chi connectivity index (χ1) is 13.2. The van der Waals surface area contributed by atoms with Crippen molar-refractivity contribution in [2.45, 2.75) is 43.6 Å². The van der Waals surface area contributed by atoms with Gasteiger partial charge >= 0.3 is 0 Å². The van der Waals surface area contributed by atoms with Crippen molar-refractivity contribution in [3.05, 3.63) is 45.0 Å². The molecule has 0 saturated heterocycles. The predicted molar refractivity (Wildman–Crippen MR) is 105 cm³/mol. The van der Waals surface area contributed by atoms with Crippen LogP contribution in [0.3, 0.4) is 0 Å². The zero-order valence-corrected chi connectivity index (χ0v) is 16.3. The molecule has 7 nitrogen and oxygen atoms in total. The van der Waals surface area contributed by atoms with Crippen LogP contribution in [-0.4, -0.2) is 24.7 Å². The predicted octanol–water partition coefficient (Wildman–Crippen LogP) is 3.64. The summed E-state index contributed by atoms with van der Waals surface area (Å²) in [6.07, 6.45) is 4.82. The fourth-order valence-corrected chi connectivity index (χ4v) is 5.67. The molecule has 0 fully saturated rings. The van der Waals surface area contributed by atoms with Gasteiger partial charge < -0.3 is 9.40 Å². The Morgan fingerprint density at radius 1 is 1.37 bits per heavy atom. The van der Waals surface area contributed by atoms with Crippen LogP contribution >= 0.6 is 23.1 Å². The van der Waals surface area contributed by atoms with Gasteiger partial charge in [-0.2, -0.15) is 0 Å². The number of nitrogens with zero attached hydrogens (tertiary/aromatic N) is 4. The molecule has 0 bridgehead atoms. The molecule has 1 aliphatic carbocycles. The molecule has 0 aliphatic heterocycles. The quantitative estimate of drug-likeness (QED) is 0.515. The van der Waals surface area contributed by atoms with E-state index in [0.29, 0.717) is 23.2 Å². The molecule has 27 heavy (non-hydrogen) atoms. The highest BCUT2D eigenvalue weighted by molar-refractivity contribution is 7.98. The van der Waals surface area contributed by atoms with Crippen molar-refractivity contribution in [1.82, 2.24) is 24.7 Å². The Morgan fingerprint density at radius 3 is 3.11 bits per heavy atom. The fourth-order valence-electron chi connectivity index (χ4n) is 3.52. The van der Waals surface area contributed by atoms with Crippen molar-refractivity contribution in [2.75, 3.05) is 0 Å². The van der Waals surface area contributed by atoms with Crippen LogP contribution in [0.15, 0.2) is 32.8 Å². The SMILES string of the molecule is CCn1c(SCc2nc3sc4c(c3c(=O)[nH]2)CCC4)nnc1-c1ccco1. The Morgan fingerprint density at radius 2 is 2.30 bits per heavy atom. The average molecular weight is 400 g/mol. The van der Waals surface area contributed by atoms with Gasteiger partial charge in [-0.05, 0) is 43.9 Å². The minimum absolute atomic E-state index is 0.0248. The topological polar surface area (TPSA) is 89.6 Å². The molecular weight excluding hydrogens is 382 g/mol. The molecule has 0 saturated carbocycles. The number of aromatic amines is 1. The van der Waals surface area contributed by atoms with Crippen molar-refractivity contribution in [2.24, 2.45) is 0 Å². The summed E-state index contributed by atoms with van der Waals surface area (Å²) in [5.74, 6) is 2.60. The van der Waals surface area contributed by atoms with Gasteiger partial charge in [0.2, 0.25) is 0 Å². The average Bonchev–Trinajstić information content (AvgIpc) is 3.41. The second-order valence-corrected chi connectivity index (χ2v) is 8.39. The zero-order valence-electron chi connectivity index (χ0n) is 14.7. The lowest BCUT2D eigenvalue weighted by molar-refractivity contribution is 0.567. The van der Waals surface area contributed by atoms with Gasteiger partial charge in [0.1, 0.15) is 10.7 Å². The molecule has 1 aliphatic rings. The number of fused-ring (bicyclic) bond motifs is 3. The van der Waals surface area contributed by atoms with E-state index >= 15 is 0 Å². The zero-order chi connectivity index (χ0) is 18.4. The van der Waals surface area contributed by atoms with E-state index in [1.165, 1.54) is 22.2 Å². The van der Waals surface area contributed by atoms with Gasteiger partial charge in [-0.3, -0.25) is 9.36 Å². The van der Waals surface area contributed by atoms with Crippen molar-refractivity contribution in [3.63, 3.8) is 0 Å². The molecular formula is C18H17N5O2S2. The molecule has 4 heterocycles. The van der Waals surface area contributed by atoms with E-state index in [1.54, 1.807) is 17.6 Å². The maximum atomic E-state index is 12.6. The lowest BCUT2D eigenvalue weighted by Crippen LogP contribution is -2.11. The highest BCUT2D eigenvalue weighted by atomic mass is 32.2. The number of furan rings is 1. The molecule has 1 N–H and O–H groups in total. The molecule has 0 amide bonds. The highest BCUT2D eigenvalue weighted by Gasteiger charge is 2.21. The molecule has 5 rings (SSSR count). The van der Waals surface area contributed by atoms with Crippen LogP contribution in [0, 0.1) is 0 Å². The Bertz CT molecular complexity index is 1170. The van der Waals surface area contributed by atoms with Crippen LogP contribution in [-0.2, 0) is 25.1 Å². The first kappa shape index (κ1) is 16.8. The van der Waals surface area contributed by atoms with Gasteiger partial charge in [0.05, 0.1) is 17.4 Å². The normalized spacial score (nSPS) is 13.5. The van der Waals surface area contributed by atoms with Crippen molar-refractivity contribution in [3.8, 4) is 11.6 Å². The summed E-state index contributed by atoms with van der Waals surface area (Å²) < 4.78 is 7.44. The van der Waals surface area contributed by atoms with Gasteiger partial charge in [0.15, 0.2) is 16.7 Å². The van der Waals surface area contributed by atoms with Crippen LogP contribution < -0.4 is 5.56 Å². The summed E-state index contributed by atoms with van der Waals surface area (Å²) >= 11 is 3.17. The third-order valence-electron chi connectivity index (χ3n) is 4.74. The number of rotatable bonds is 5. The summed E-state index contributed by atoms with van der Waals surface area (Å²) in [6.45, 7) is 2.77. The standard InChI is InChI=1S/C18H17N5O2S2/c1-2-23-15(11-6-4-8-25-11)21-22-18(23)26-9-13-19-16(24)14-10-5-3-7-12(10)27-17(14)20-13/h4,6,8H,2-3,5,7,9H2,1H3,(H,19,20,24). The Labute approximate surface area is 162 Å². The highest BCUT2D eigenvalue weighted by Crippen LogP contribution is 2.35. The Hall–Kier alpha value is -2.39. The Balaban J connectivity index is 1.43. The van der Waals surface area contributed by atoms with Gasteiger partial charge in [-0.1, -0.05) is 11.8 Å².